The number of benzene rings is 7. The molecule has 0 bridgehead atoms. The highest BCUT2D eigenvalue weighted by molar-refractivity contribution is 6.10. The van der Waals surface area contributed by atoms with E-state index in [2.05, 4.69) is 150 Å². The van der Waals surface area contributed by atoms with E-state index in [0.717, 1.165) is 77.9 Å². The monoisotopic (exact) mass is 639 g/mol. The SMILES string of the molecule is c1ccc(-c2nc(-c3ccc(-c4cccc5c4oc4ccccc45)cc3)cc(-c3ccccc3-n3c4ccccc4c4ccccc43)n2)cc1. The molecule has 3 heterocycles. The molecule has 0 aliphatic heterocycles. The topological polar surface area (TPSA) is 43.9 Å². The van der Waals surface area contributed by atoms with Crippen LogP contribution in [0.3, 0.4) is 0 Å². The lowest BCUT2D eigenvalue weighted by atomic mass is 9.99. The molecule has 0 saturated carbocycles. The fraction of sp³-hybridized carbons (Fsp3) is 0. The Labute approximate surface area is 288 Å². The molecule has 0 radical (unpaired) electrons. The van der Waals surface area contributed by atoms with Crippen LogP contribution < -0.4 is 0 Å². The lowest BCUT2D eigenvalue weighted by molar-refractivity contribution is 0.670. The summed E-state index contributed by atoms with van der Waals surface area (Å²) in [5.41, 5.74) is 12.1. The van der Waals surface area contributed by atoms with E-state index in [9.17, 15) is 0 Å². The smallest absolute Gasteiger partial charge is 0.160 e. The number of para-hydroxylation sites is 5. The molecular formula is C46H29N3O. The van der Waals surface area contributed by atoms with Crippen LogP contribution in [0.25, 0.3) is 94.5 Å². The summed E-state index contributed by atoms with van der Waals surface area (Å²) in [6, 6.07) is 61.3. The molecule has 3 aromatic heterocycles. The molecule has 0 unspecified atom stereocenters. The van der Waals surface area contributed by atoms with E-state index in [4.69, 9.17) is 14.4 Å². The van der Waals surface area contributed by atoms with Gasteiger partial charge in [0.2, 0.25) is 0 Å². The molecule has 4 heteroatoms. The molecule has 0 saturated heterocycles. The summed E-state index contributed by atoms with van der Waals surface area (Å²) in [4.78, 5) is 10.3. The Balaban J connectivity index is 1.14. The van der Waals surface area contributed by atoms with Crippen LogP contribution >= 0.6 is 0 Å². The van der Waals surface area contributed by atoms with Gasteiger partial charge in [0, 0.05) is 43.8 Å². The van der Waals surface area contributed by atoms with Crippen molar-refractivity contribution < 1.29 is 4.42 Å². The van der Waals surface area contributed by atoms with Crippen LogP contribution in [0.15, 0.2) is 180 Å². The molecule has 234 valence electrons. The first-order chi connectivity index (χ1) is 24.8. The number of rotatable bonds is 5. The summed E-state index contributed by atoms with van der Waals surface area (Å²) < 4.78 is 8.71. The standard InChI is InChI=1S/C46H29N3O/c1-2-13-32(14-3-1)46-47-39(31-27-25-30(26-28-31)33-19-12-20-37-36-17-7-11-24-44(36)50-45(33)37)29-40(48-46)38-18-6-10-23-43(38)49-41-21-8-4-15-34(41)35-16-5-9-22-42(35)49/h1-29H. The maximum atomic E-state index is 6.36. The van der Waals surface area contributed by atoms with Crippen molar-refractivity contribution in [3.05, 3.63) is 176 Å². The van der Waals surface area contributed by atoms with Crippen LogP contribution in [-0.4, -0.2) is 14.5 Å². The Hall–Kier alpha value is -6.78. The minimum atomic E-state index is 0.686. The van der Waals surface area contributed by atoms with Crippen molar-refractivity contribution in [3.63, 3.8) is 0 Å². The molecule has 0 aliphatic rings. The average Bonchev–Trinajstić information content (AvgIpc) is 3.74. The van der Waals surface area contributed by atoms with Crippen LogP contribution in [0.2, 0.25) is 0 Å². The van der Waals surface area contributed by atoms with Gasteiger partial charge < -0.3 is 8.98 Å². The van der Waals surface area contributed by atoms with E-state index < -0.39 is 0 Å². The molecule has 4 nitrogen and oxygen atoms in total. The van der Waals surface area contributed by atoms with Gasteiger partial charge in [0.15, 0.2) is 5.82 Å². The van der Waals surface area contributed by atoms with Gasteiger partial charge in [0.05, 0.1) is 28.1 Å². The van der Waals surface area contributed by atoms with Crippen molar-refractivity contribution in [1.29, 1.82) is 0 Å². The van der Waals surface area contributed by atoms with Gasteiger partial charge in [0.1, 0.15) is 11.2 Å². The van der Waals surface area contributed by atoms with Gasteiger partial charge >= 0.3 is 0 Å². The van der Waals surface area contributed by atoms with Gasteiger partial charge in [-0.25, -0.2) is 9.97 Å². The summed E-state index contributed by atoms with van der Waals surface area (Å²) in [5.74, 6) is 0.686. The second-order valence-corrected chi connectivity index (χ2v) is 12.6. The number of nitrogens with zero attached hydrogens (tertiary/aromatic N) is 3. The highest BCUT2D eigenvalue weighted by Gasteiger charge is 2.18. The third kappa shape index (κ3) is 4.54. The molecule has 50 heavy (non-hydrogen) atoms. The lowest BCUT2D eigenvalue weighted by Gasteiger charge is -2.15. The van der Waals surface area contributed by atoms with E-state index >= 15 is 0 Å². The van der Waals surface area contributed by atoms with E-state index in [0.29, 0.717) is 5.82 Å². The first kappa shape index (κ1) is 28.3. The van der Waals surface area contributed by atoms with Gasteiger partial charge in [-0.2, -0.15) is 0 Å². The highest BCUT2D eigenvalue weighted by atomic mass is 16.3. The van der Waals surface area contributed by atoms with Crippen LogP contribution in [0.1, 0.15) is 0 Å². The molecule has 0 fully saturated rings. The van der Waals surface area contributed by atoms with E-state index in [-0.39, 0.29) is 0 Å². The predicted molar refractivity (Wildman–Crippen MR) is 205 cm³/mol. The number of hydrogen-bond acceptors (Lipinski definition) is 3. The molecule has 10 rings (SSSR count). The van der Waals surface area contributed by atoms with Crippen molar-refractivity contribution in [3.8, 4) is 50.7 Å². The van der Waals surface area contributed by atoms with Crippen LogP contribution in [0.5, 0.6) is 0 Å². The minimum absolute atomic E-state index is 0.686. The molecule has 0 N–H and O–H groups in total. The lowest BCUT2D eigenvalue weighted by Crippen LogP contribution is -2.00. The first-order valence-electron chi connectivity index (χ1n) is 16.8. The maximum Gasteiger partial charge on any atom is 0.160 e. The van der Waals surface area contributed by atoms with Crippen molar-refractivity contribution in [2.75, 3.05) is 0 Å². The van der Waals surface area contributed by atoms with Crippen molar-refractivity contribution in [2.24, 2.45) is 0 Å². The largest absolute Gasteiger partial charge is 0.455 e. The zero-order valence-electron chi connectivity index (χ0n) is 27.0. The second kappa shape index (κ2) is 11.4. The first-order valence-corrected chi connectivity index (χ1v) is 16.8. The van der Waals surface area contributed by atoms with Gasteiger partial charge in [0.25, 0.3) is 0 Å². The zero-order valence-corrected chi connectivity index (χ0v) is 27.0. The van der Waals surface area contributed by atoms with Gasteiger partial charge in [-0.05, 0) is 35.9 Å². The number of aromatic nitrogens is 3. The van der Waals surface area contributed by atoms with Crippen molar-refractivity contribution in [2.45, 2.75) is 0 Å². The third-order valence-corrected chi connectivity index (χ3v) is 9.66. The van der Waals surface area contributed by atoms with Crippen LogP contribution in [-0.2, 0) is 0 Å². The molecule has 0 spiro atoms. The Morgan fingerprint density at radius 1 is 0.400 bits per heavy atom. The number of hydrogen-bond donors (Lipinski definition) is 0. The fourth-order valence-corrected chi connectivity index (χ4v) is 7.31. The summed E-state index contributed by atoms with van der Waals surface area (Å²) >= 11 is 0. The number of furan rings is 1. The molecule has 0 atom stereocenters. The fourth-order valence-electron chi connectivity index (χ4n) is 7.31. The zero-order chi connectivity index (χ0) is 33.0. The number of fused-ring (bicyclic) bond motifs is 6. The van der Waals surface area contributed by atoms with Gasteiger partial charge in [-0.3, -0.25) is 0 Å². The van der Waals surface area contributed by atoms with E-state index in [1.807, 2.05) is 30.3 Å². The van der Waals surface area contributed by atoms with Crippen LogP contribution in [0, 0.1) is 0 Å². The molecule has 0 aliphatic carbocycles. The summed E-state index contributed by atoms with van der Waals surface area (Å²) in [6.45, 7) is 0. The summed E-state index contributed by atoms with van der Waals surface area (Å²) in [5, 5.41) is 4.70. The van der Waals surface area contributed by atoms with Crippen molar-refractivity contribution >= 4 is 43.7 Å². The van der Waals surface area contributed by atoms with Crippen molar-refractivity contribution in [1.82, 2.24) is 14.5 Å². The highest BCUT2D eigenvalue weighted by Crippen LogP contribution is 2.39. The Morgan fingerprint density at radius 3 is 1.76 bits per heavy atom. The maximum absolute atomic E-state index is 6.36. The molecule has 10 aromatic rings. The minimum Gasteiger partial charge on any atom is -0.455 e. The second-order valence-electron chi connectivity index (χ2n) is 12.6. The summed E-state index contributed by atoms with van der Waals surface area (Å²) in [6.07, 6.45) is 0. The Morgan fingerprint density at radius 2 is 0.980 bits per heavy atom. The predicted octanol–water partition coefficient (Wildman–Crippen LogP) is 12.1. The van der Waals surface area contributed by atoms with E-state index in [1.54, 1.807) is 0 Å². The molecule has 0 amide bonds. The Kier molecular flexibility index (Phi) is 6.46. The van der Waals surface area contributed by atoms with Gasteiger partial charge in [-0.15, -0.1) is 0 Å². The summed E-state index contributed by atoms with van der Waals surface area (Å²) in [7, 11) is 0. The van der Waals surface area contributed by atoms with Crippen LogP contribution in [0.4, 0.5) is 0 Å². The Bertz CT molecular complexity index is 2810. The normalized spacial score (nSPS) is 11.6. The average molecular weight is 640 g/mol. The van der Waals surface area contributed by atoms with Gasteiger partial charge in [-0.1, -0.05) is 146 Å². The quantitative estimate of drug-likeness (QED) is 0.188. The van der Waals surface area contributed by atoms with E-state index in [1.165, 1.54) is 10.8 Å². The molecule has 7 aromatic carbocycles. The molecular weight excluding hydrogens is 611 g/mol. The third-order valence-electron chi connectivity index (χ3n) is 9.66.